The highest BCUT2D eigenvalue weighted by Crippen LogP contribution is 2.15. The molecule has 0 aliphatic heterocycles. The summed E-state index contributed by atoms with van der Waals surface area (Å²) in [7, 11) is 3.41. The number of rotatable bonds is 18. The number of methoxy groups -OCH3 is 1. The number of carbonyl (C=O) groups is 1. The molecule has 0 aromatic heterocycles. The third kappa shape index (κ3) is 17.9. The molecule has 0 N–H and O–H groups in total. The van der Waals surface area contributed by atoms with Gasteiger partial charge < -0.3 is 14.6 Å². The molecular weight excluding hydrogens is 426 g/mol. The van der Waals surface area contributed by atoms with Crippen molar-refractivity contribution in [3.8, 4) is 0 Å². The third-order valence-corrected chi connectivity index (χ3v) is 6.28. The lowest BCUT2D eigenvalue weighted by atomic mass is 9.99. The molecule has 0 saturated heterocycles. The molecule has 0 amide bonds. The summed E-state index contributed by atoms with van der Waals surface area (Å²) in [6, 6.07) is 0. The van der Waals surface area contributed by atoms with E-state index in [2.05, 4.69) is 67.7 Å². The lowest BCUT2D eigenvalue weighted by molar-refractivity contribution is -0.516. The van der Waals surface area contributed by atoms with Crippen molar-refractivity contribution in [3.05, 3.63) is 0 Å². The Labute approximate surface area is 212 Å². The lowest BCUT2D eigenvalue weighted by Crippen LogP contribution is -2.51. The normalized spacial score (nSPS) is 11.3. The number of carbonyl (C=O) groups excluding carboxylic acids is 1. The summed E-state index contributed by atoms with van der Waals surface area (Å²) in [6.07, 6.45) is 14.1. The molecule has 0 bridgehead atoms. The number of guanidine groups is 1. The maximum atomic E-state index is 9.03. The number of nitrogens with zero attached hydrogens (tertiary/aromatic N) is 3. The molecule has 1 atom stereocenters. The van der Waals surface area contributed by atoms with Crippen LogP contribution in [0.5, 0.6) is 0 Å². The van der Waals surface area contributed by atoms with Crippen LogP contribution in [0.3, 0.4) is 0 Å². The molecule has 1 unspecified atom stereocenters. The molecule has 0 rings (SSSR count). The van der Waals surface area contributed by atoms with Crippen LogP contribution in [0.25, 0.3) is 0 Å². The van der Waals surface area contributed by atoms with Gasteiger partial charge in [-0.3, -0.25) is 14.4 Å². The van der Waals surface area contributed by atoms with Crippen molar-refractivity contribution >= 4 is 12.1 Å². The van der Waals surface area contributed by atoms with Gasteiger partial charge in [0.2, 0.25) is 0 Å². The first-order valence-electron chi connectivity index (χ1n) is 14.2. The summed E-state index contributed by atoms with van der Waals surface area (Å²) < 4.78 is 6.19. The fourth-order valence-electron chi connectivity index (χ4n) is 4.09. The SMILES string of the molecule is CCCCC(CC)C[N+](C)=C(N(CCCC)CCCC)N(CCCC)CCCC.COC(=O)[O-]. The second kappa shape index (κ2) is 24.7. The Kier molecular flexibility index (Phi) is 25.2. The van der Waals surface area contributed by atoms with Gasteiger partial charge in [-0.05, 0) is 38.0 Å². The molecule has 34 heavy (non-hydrogen) atoms. The molecule has 0 aromatic rings. The highest BCUT2D eigenvalue weighted by Gasteiger charge is 2.28. The topological polar surface area (TPSA) is 58.8 Å². The van der Waals surface area contributed by atoms with Crippen LogP contribution in [-0.2, 0) is 4.74 Å². The first kappa shape index (κ1) is 34.7. The van der Waals surface area contributed by atoms with E-state index in [0.29, 0.717) is 0 Å². The first-order valence-corrected chi connectivity index (χ1v) is 14.2. The molecule has 6 nitrogen and oxygen atoms in total. The molecule has 0 aliphatic carbocycles. The van der Waals surface area contributed by atoms with Gasteiger partial charge in [-0.15, -0.1) is 0 Å². The molecule has 0 saturated carbocycles. The van der Waals surface area contributed by atoms with E-state index in [1.54, 1.807) is 0 Å². The van der Waals surface area contributed by atoms with Crippen LogP contribution in [0.15, 0.2) is 0 Å². The summed E-state index contributed by atoms with van der Waals surface area (Å²) in [5.41, 5.74) is 0. The molecule has 204 valence electrons. The molecule has 0 aliphatic rings. The highest BCUT2D eigenvalue weighted by atomic mass is 16.6. The monoisotopic (exact) mass is 485 g/mol. The van der Waals surface area contributed by atoms with Crippen LogP contribution < -0.4 is 5.11 Å². The van der Waals surface area contributed by atoms with Crippen molar-refractivity contribution in [1.29, 1.82) is 0 Å². The summed E-state index contributed by atoms with van der Waals surface area (Å²) in [6.45, 7) is 20.0. The second-order valence-corrected chi connectivity index (χ2v) is 9.44. The average Bonchev–Trinajstić information content (AvgIpc) is 2.84. The van der Waals surface area contributed by atoms with E-state index in [1.807, 2.05) is 0 Å². The Morgan fingerprint density at radius 1 is 0.765 bits per heavy atom. The van der Waals surface area contributed by atoms with Crippen molar-refractivity contribution in [2.45, 2.75) is 119 Å². The summed E-state index contributed by atoms with van der Waals surface area (Å²) in [5.74, 6) is 2.34. The van der Waals surface area contributed by atoms with Crippen molar-refractivity contribution < 1.29 is 19.2 Å². The van der Waals surface area contributed by atoms with Crippen molar-refractivity contribution in [3.63, 3.8) is 0 Å². The van der Waals surface area contributed by atoms with E-state index in [-0.39, 0.29) is 0 Å². The standard InChI is InChI=1S/C26H56N3.C2H4O3/c1-8-14-19-25(13-6)24-27(7)26(28(20-15-9-2)21-16-10-3)29(22-17-11-4)23-18-12-5;1-5-2(3)4/h25H,8-24H2,1-7H3;1H3,(H,3,4)/q+1;/p-1. The van der Waals surface area contributed by atoms with Crippen LogP contribution in [0.1, 0.15) is 119 Å². The van der Waals surface area contributed by atoms with Crippen LogP contribution in [0.4, 0.5) is 4.79 Å². The Bertz CT molecular complexity index is 459. The Hall–Kier alpha value is -1.46. The number of hydrogen-bond donors (Lipinski definition) is 0. The molecule has 0 fully saturated rings. The number of hydrogen-bond acceptors (Lipinski definition) is 3. The van der Waals surface area contributed by atoms with E-state index in [1.165, 1.54) is 116 Å². The zero-order chi connectivity index (χ0) is 26.2. The van der Waals surface area contributed by atoms with E-state index < -0.39 is 6.16 Å². The minimum Gasteiger partial charge on any atom is -0.553 e. The lowest BCUT2D eigenvalue weighted by Gasteiger charge is -2.31. The van der Waals surface area contributed by atoms with Crippen LogP contribution >= 0.6 is 0 Å². The fraction of sp³-hybridized carbons (Fsp3) is 0.929. The fourth-order valence-corrected chi connectivity index (χ4v) is 4.09. The molecular formula is C28H59N3O3. The summed E-state index contributed by atoms with van der Waals surface area (Å²) in [5, 5.41) is 9.03. The van der Waals surface area contributed by atoms with Crippen LogP contribution in [0.2, 0.25) is 0 Å². The zero-order valence-electron chi connectivity index (χ0n) is 24.2. The van der Waals surface area contributed by atoms with Crippen LogP contribution in [-0.4, -0.2) is 73.4 Å². The Morgan fingerprint density at radius 2 is 1.12 bits per heavy atom. The minimum atomic E-state index is -1.50. The largest absolute Gasteiger partial charge is 0.553 e. The van der Waals surface area contributed by atoms with Crippen molar-refractivity contribution in [1.82, 2.24) is 9.80 Å². The van der Waals surface area contributed by atoms with E-state index >= 15 is 0 Å². The Balaban J connectivity index is 0. The smallest absolute Gasteiger partial charge is 0.350 e. The van der Waals surface area contributed by atoms with Gasteiger partial charge in [0, 0.05) is 7.11 Å². The molecule has 0 spiro atoms. The first-order chi connectivity index (χ1) is 16.4. The molecule has 0 aromatic carbocycles. The minimum absolute atomic E-state index is 0.813. The van der Waals surface area contributed by atoms with Gasteiger partial charge in [0.1, 0.15) is 0 Å². The van der Waals surface area contributed by atoms with Gasteiger partial charge in [0.15, 0.2) is 0 Å². The van der Waals surface area contributed by atoms with Crippen LogP contribution in [0, 0.1) is 5.92 Å². The number of carboxylic acid groups (broad SMARTS) is 1. The predicted octanol–water partition coefficient (Wildman–Crippen LogP) is 5.98. The summed E-state index contributed by atoms with van der Waals surface area (Å²) >= 11 is 0. The maximum absolute atomic E-state index is 9.03. The maximum Gasteiger partial charge on any atom is 0.350 e. The zero-order valence-corrected chi connectivity index (χ0v) is 24.2. The third-order valence-electron chi connectivity index (χ3n) is 6.28. The quantitative estimate of drug-likeness (QED) is 0.103. The molecule has 0 radical (unpaired) electrons. The predicted molar refractivity (Wildman–Crippen MR) is 145 cm³/mol. The van der Waals surface area contributed by atoms with Gasteiger partial charge in [-0.25, -0.2) is 0 Å². The Morgan fingerprint density at radius 3 is 1.38 bits per heavy atom. The van der Waals surface area contributed by atoms with E-state index in [4.69, 9.17) is 9.90 Å². The average molecular weight is 486 g/mol. The van der Waals surface area contributed by atoms with Gasteiger partial charge in [-0.1, -0.05) is 86.5 Å². The summed E-state index contributed by atoms with van der Waals surface area (Å²) in [4.78, 5) is 14.5. The second-order valence-electron chi connectivity index (χ2n) is 9.44. The van der Waals surface area contributed by atoms with Gasteiger partial charge in [0.05, 0.1) is 39.8 Å². The molecule has 0 heterocycles. The van der Waals surface area contributed by atoms with E-state index in [9.17, 15) is 0 Å². The van der Waals surface area contributed by atoms with Gasteiger partial charge in [0.25, 0.3) is 6.16 Å². The van der Waals surface area contributed by atoms with Crippen molar-refractivity contribution in [2.24, 2.45) is 5.92 Å². The van der Waals surface area contributed by atoms with Gasteiger partial charge in [-0.2, -0.15) is 0 Å². The van der Waals surface area contributed by atoms with Gasteiger partial charge >= 0.3 is 5.96 Å². The number of ether oxygens (including phenoxy) is 1. The van der Waals surface area contributed by atoms with E-state index in [0.717, 1.165) is 13.0 Å². The van der Waals surface area contributed by atoms with Crippen molar-refractivity contribution in [2.75, 3.05) is 46.9 Å². The molecule has 6 heteroatoms. The highest BCUT2D eigenvalue weighted by molar-refractivity contribution is 5.75. The number of unbranched alkanes of at least 4 members (excludes halogenated alkanes) is 5.